The molecular formula is C19H25ClN4. The van der Waals surface area contributed by atoms with Crippen molar-refractivity contribution in [2.24, 2.45) is 0 Å². The number of rotatable bonds is 5. The van der Waals surface area contributed by atoms with Gasteiger partial charge in [-0.05, 0) is 50.8 Å². The summed E-state index contributed by atoms with van der Waals surface area (Å²) in [5, 5.41) is 4.06. The van der Waals surface area contributed by atoms with E-state index in [4.69, 9.17) is 16.6 Å². The number of nitrogens with one attached hydrogen (secondary N) is 1. The normalized spacial score (nSPS) is 17.3. The molecule has 1 fully saturated rings. The molecule has 1 unspecified atom stereocenters. The Morgan fingerprint density at radius 2 is 2.12 bits per heavy atom. The van der Waals surface area contributed by atoms with Crippen LogP contribution >= 0.6 is 11.6 Å². The molecule has 5 heteroatoms. The zero-order chi connectivity index (χ0) is 17.1. The molecule has 0 saturated carbocycles. The Bertz CT molecular complexity index is 717. The van der Waals surface area contributed by atoms with Gasteiger partial charge in [-0.25, -0.2) is 4.98 Å². The van der Waals surface area contributed by atoms with Gasteiger partial charge in [-0.1, -0.05) is 31.0 Å². The highest BCUT2D eigenvalue weighted by Gasteiger charge is 2.22. The molecule has 1 aliphatic rings. The number of benzene rings is 1. The first-order valence-electron chi connectivity index (χ1n) is 8.74. The fourth-order valence-electron chi connectivity index (χ4n) is 3.14. The summed E-state index contributed by atoms with van der Waals surface area (Å²) in [5.74, 6) is 1.68. The summed E-state index contributed by atoms with van der Waals surface area (Å²) in [6.07, 6.45) is 4.48. The van der Waals surface area contributed by atoms with E-state index < -0.39 is 0 Å². The van der Waals surface area contributed by atoms with Gasteiger partial charge in [0.15, 0.2) is 0 Å². The van der Waals surface area contributed by atoms with Crippen LogP contribution in [-0.2, 0) is 6.42 Å². The van der Waals surface area contributed by atoms with Crippen LogP contribution in [0.1, 0.15) is 44.4 Å². The quantitative estimate of drug-likeness (QED) is 0.817. The fraction of sp³-hybridized carbons (Fsp3) is 0.474. The van der Waals surface area contributed by atoms with Crippen LogP contribution in [0.3, 0.4) is 0 Å². The lowest BCUT2D eigenvalue weighted by molar-refractivity contribution is 0.724. The smallest absolute Gasteiger partial charge is 0.229 e. The molecule has 1 aliphatic heterocycles. The lowest BCUT2D eigenvalue weighted by Crippen LogP contribution is -2.27. The predicted molar refractivity (Wildman–Crippen MR) is 102 cm³/mol. The Hall–Kier alpha value is -1.81. The van der Waals surface area contributed by atoms with Gasteiger partial charge in [-0.3, -0.25) is 0 Å². The molecule has 1 saturated heterocycles. The molecule has 4 nitrogen and oxygen atoms in total. The Morgan fingerprint density at radius 3 is 2.79 bits per heavy atom. The van der Waals surface area contributed by atoms with Crippen molar-refractivity contribution in [3.63, 3.8) is 0 Å². The van der Waals surface area contributed by atoms with E-state index in [1.165, 1.54) is 12.8 Å². The zero-order valence-electron chi connectivity index (χ0n) is 14.6. The van der Waals surface area contributed by atoms with Crippen LogP contribution in [0.5, 0.6) is 0 Å². The van der Waals surface area contributed by atoms with Crippen molar-refractivity contribution in [2.75, 3.05) is 16.8 Å². The highest BCUT2D eigenvalue weighted by atomic mass is 35.5. The SMILES string of the molecule is CCCc1cc(N2CCCC2C)nc(Nc2ccc(C)c(Cl)c2)n1. The molecule has 2 aromatic rings. The minimum absolute atomic E-state index is 0.538. The minimum Gasteiger partial charge on any atom is -0.354 e. The summed E-state index contributed by atoms with van der Waals surface area (Å²) in [5.41, 5.74) is 3.07. The van der Waals surface area contributed by atoms with Gasteiger partial charge in [0.25, 0.3) is 0 Å². The van der Waals surface area contributed by atoms with Gasteiger partial charge < -0.3 is 10.2 Å². The number of halogens is 1. The van der Waals surface area contributed by atoms with Crippen LogP contribution in [0.15, 0.2) is 24.3 Å². The van der Waals surface area contributed by atoms with Crippen LogP contribution in [0.25, 0.3) is 0 Å². The van der Waals surface area contributed by atoms with Crippen molar-refractivity contribution in [1.82, 2.24) is 9.97 Å². The summed E-state index contributed by atoms with van der Waals surface area (Å²) in [6.45, 7) is 7.51. The molecule has 24 heavy (non-hydrogen) atoms. The van der Waals surface area contributed by atoms with Gasteiger partial charge in [0.05, 0.1) is 0 Å². The van der Waals surface area contributed by atoms with Gasteiger partial charge in [-0.2, -0.15) is 4.98 Å². The third-order valence-electron chi connectivity index (χ3n) is 4.55. The molecule has 1 aromatic heterocycles. The first-order valence-corrected chi connectivity index (χ1v) is 9.12. The highest BCUT2D eigenvalue weighted by Crippen LogP contribution is 2.27. The molecule has 0 amide bonds. The largest absolute Gasteiger partial charge is 0.354 e. The lowest BCUT2D eigenvalue weighted by Gasteiger charge is -2.23. The summed E-state index contributed by atoms with van der Waals surface area (Å²) in [7, 11) is 0. The maximum absolute atomic E-state index is 6.23. The molecule has 2 heterocycles. The number of nitrogens with zero attached hydrogens (tertiary/aromatic N) is 3. The summed E-state index contributed by atoms with van der Waals surface area (Å²) in [4.78, 5) is 11.8. The predicted octanol–water partition coefficient (Wildman–Crippen LogP) is 5.12. The maximum atomic E-state index is 6.23. The minimum atomic E-state index is 0.538. The van der Waals surface area contributed by atoms with E-state index in [9.17, 15) is 0 Å². The number of aryl methyl sites for hydroxylation is 2. The maximum Gasteiger partial charge on any atom is 0.229 e. The van der Waals surface area contributed by atoms with E-state index in [1.807, 2.05) is 25.1 Å². The second kappa shape index (κ2) is 7.39. The van der Waals surface area contributed by atoms with Crippen LogP contribution in [-0.4, -0.2) is 22.6 Å². The Labute approximate surface area is 149 Å². The average molecular weight is 345 g/mol. The summed E-state index contributed by atoms with van der Waals surface area (Å²) < 4.78 is 0. The molecule has 1 atom stereocenters. The molecule has 128 valence electrons. The molecule has 1 aromatic carbocycles. The van der Waals surface area contributed by atoms with E-state index in [2.05, 4.69) is 35.1 Å². The van der Waals surface area contributed by atoms with Crippen molar-refractivity contribution >= 4 is 29.1 Å². The first kappa shape index (κ1) is 17.0. The second-order valence-electron chi connectivity index (χ2n) is 6.56. The number of hydrogen-bond acceptors (Lipinski definition) is 4. The Balaban J connectivity index is 1.90. The van der Waals surface area contributed by atoms with Crippen LogP contribution in [0.4, 0.5) is 17.5 Å². The van der Waals surface area contributed by atoms with Crippen LogP contribution in [0.2, 0.25) is 5.02 Å². The van der Waals surface area contributed by atoms with Crippen molar-refractivity contribution in [3.05, 3.63) is 40.5 Å². The second-order valence-corrected chi connectivity index (χ2v) is 6.97. The van der Waals surface area contributed by atoms with E-state index >= 15 is 0 Å². The number of hydrogen-bond donors (Lipinski definition) is 1. The van der Waals surface area contributed by atoms with Gasteiger partial charge in [0.2, 0.25) is 5.95 Å². The molecular weight excluding hydrogens is 320 g/mol. The monoisotopic (exact) mass is 344 g/mol. The number of aromatic nitrogens is 2. The van der Waals surface area contributed by atoms with Gasteiger partial charge in [0, 0.05) is 35.1 Å². The van der Waals surface area contributed by atoms with Crippen LogP contribution < -0.4 is 10.2 Å². The lowest BCUT2D eigenvalue weighted by atomic mass is 10.2. The van der Waals surface area contributed by atoms with Gasteiger partial charge in [0.1, 0.15) is 5.82 Å². The highest BCUT2D eigenvalue weighted by molar-refractivity contribution is 6.31. The molecule has 0 spiro atoms. The summed E-state index contributed by atoms with van der Waals surface area (Å²) >= 11 is 6.23. The average Bonchev–Trinajstić information content (AvgIpc) is 2.97. The molecule has 0 aliphatic carbocycles. The third kappa shape index (κ3) is 3.81. The van der Waals surface area contributed by atoms with Crippen molar-refractivity contribution in [3.8, 4) is 0 Å². The first-order chi connectivity index (χ1) is 11.6. The molecule has 3 rings (SSSR count). The number of anilines is 3. The molecule has 0 bridgehead atoms. The van der Waals surface area contributed by atoms with Crippen molar-refractivity contribution in [1.29, 1.82) is 0 Å². The summed E-state index contributed by atoms with van der Waals surface area (Å²) in [6, 6.07) is 8.61. The standard InChI is InChI=1S/C19H25ClN4/c1-4-6-15-12-18(24-10-5-7-14(24)3)23-19(21-15)22-16-9-8-13(2)17(20)11-16/h8-9,11-12,14H,4-7,10H2,1-3H3,(H,21,22,23). The van der Waals surface area contributed by atoms with E-state index in [1.54, 1.807) is 0 Å². The van der Waals surface area contributed by atoms with E-state index in [-0.39, 0.29) is 0 Å². The van der Waals surface area contributed by atoms with E-state index in [0.717, 1.165) is 47.2 Å². The van der Waals surface area contributed by atoms with Crippen molar-refractivity contribution in [2.45, 2.75) is 52.5 Å². The Morgan fingerprint density at radius 1 is 1.29 bits per heavy atom. The van der Waals surface area contributed by atoms with Crippen LogP contribution in [0, 0.1) is 6.92 Å². The fourth-order valence-corrected chi connectivity index (χ4v) is 3.32. The van der Waals surface area contributed by atoms with Crippen molar-refractivity contribution < 1.29 is 0 Å². The topological polar surface area (TPSA) is 41.1 Å². The Kier molecular flexibility index (Phi) is 5.24. The third-order valence-corrected chi connectivity index (χ3v) is 4.95. The van der Waals surface area contributed by atoms with E-state index in [0.29, 0.717) is 12.0 Å². The van der Waals surface area contributed by atoms with Gasteiger partial charge >= 0.3 is 0 Å². The zero-order valence-corrected chi connectivity index (χ0v) is 15.4. The van der Waals surface area contributed by atoms with Gasteiger partial charge in [-0.15, -0.1) is 0 Å². The molecule has 0 radical (unpaired) electrons. The molecule has 1 N–H and O–H groups in total.